The summed E-state index contributed by atoms with van der Waals surface area (Å²) in [4.78, 5) is 20.8. The molecule has 0 saturated carbocycles. The number of carbonyl (C=O) groups excluding carboxylic acids is 1. The molecule has 0 bridgehead atoms. The smallest absolute Gasteiger partial charge is 0.227 e. The van der Waals surface area contributed by atoms with E-state index in [1.807, 2.05) is 4.90 Å². The molecule has 28 heavy (non-hydrogen) atoms. The van der Waals surface area contributed by atoms with Crippen molar-refractivity contribution in [2.45, 2.75) is 6.42 Å². The van der Waals surface area contributed by atoms with Gasteiger partial charge < -0.3 is 9.80 Å². The molecule has 2 aromatic carbocycles. The molecule has 7 heteroatoms. The first-order valence-electron chi connectivity index (χ1n) is 9.17. The molecule has 144 valence electrons. The summed E-state index contributed by atoms with van der Waals surface area (Å²) in [7, 11) is 0. The van der Waals surface area contributed by atoms with Gasteiger partial charge in [0.25, 0.3) is 0 Å². The first-order chi connectivity index (χ1) is 13.6. The fraction of sp³-hybridized carbons (Fsp3) is 0.238. The lowest BCUT2D eigenvalue weighted by Gasteiger charge is -2.35. The molecule has 5 nitrogen and oxygen atoms in total. The minimum Gasteiger partial charge on any atom is -0.339 e. The van der Waals surface area contributed by atoms with Crippen LogP contribution < -0.4 is 4.90 Å². The molecular formula is C21H20F2N4O. The highest BCUT2D eigenvalue weighted by Crippen LogP contribution is 2.22. The lowest BCUT2D eigenvalue weighted by molar-refractivity contribution is -0.130. The predicted molar refractivity (Wildman–Crippen MR) is 102 cm³/mol. The van der Waals surface area contributed by atoms with Crippen molar-refractivity contribution in [3.63, 3.8) is 0 Å². The second-order valence-corrected chi connectivity index (χ2v) is 6.72. The predicted octanol–water partition coefficient (Wildman–Crippen LogP) is 3.04. The van der Waals surface area contributed by atoms with Gasteiger partial charge in [-0.3, -0.25) is 9.36 Å². The topological polar surface area (TPSA) is 41.4 Å². The van der Waals surface area contributed by atoms with Crippen LogP contribution in [0.5, 0.6) is 0 Å². The fourth-order valence-corrected chi connectivity index (χ4v) is 3.41. The first kappa shape index (κ1) is 18.2. The quantitative estimate of drug-likeness (QED) is 0.697. The molecule has 0 radical (unpaired) electrons. The molecular weight excluding hydrogens is 362 g/mol. The summed E-state index contributed by atoms with van der Waals surface area (Å²) >= 11 is 0. The molecule has 1 aliphatic heterocycles. The number of aromatic nitrogens is 2. The van der Waals surface area contributed by atoms with Crippen molar-refractivity contribution in [1.82, 2.24) is 14.5 Å². The summed E-state index contributed by atoms with van der Waals surface area (Å²) in [6, 6.07) is 12.6. The number of hydrogen-bond acceptors (Lipinski definition) is 3. The SMILES string of the molecule is O=C(Cc1ccc(F)cc1)N1CCN(c2nccn2-c2ccccc2F)CC1. The molecule has 2 heterocycles. The molecule has 0 atom stereocenters. The Hall–Kier alpha value is -3.22. The number of anilines is 1. The molecule has 1 aliphatic rings. The van der Waals surface area contributed by atoms with Crippen LogP contribution >= 0.6 is 0 Å². The molecule has 0 N–H and O–H groups in total. The number of carbonyl (C=O) groups is 1. The lowest BCUT2D eigenvalue weighted by Crippen LogP contribution is -2.49. The van der Waals surface area contributed by atoms with Crippen molar-refractivity contribution >= 4 is 11.9 Å². The van der Waals surface area contributed by atoms with E-state index in [9.17, 15) is 13.6 Å². The highest BCUT2D eigenvalue weighted by Gasteiger charge is 2.24. The van der Waals surface area contributed by atoms with Gasteiger partial charge in [0.15, 0.2) is 0 Å². The Kier molecular flexibility index (Phi) is 5.06. The van der Waals surface area contributed by atoms with E-state index in [1.165, 1.54) is 18.2 Å². The number of rotatable bonds is 4. The second-order valence-electron chi connectivity index (χ2n) is 6.72. The van der Waals surface area contributed by atoms with Gasteiger partial charge in [-0.1, -0.05) is 24.3 Å². The zero-order valence-electron chi connectivity index (χ0n) is 15.3. The number of amides is 1. The Labute approximate surface area is 161 Å². The zero-order valence-corrected chi connectivity index (χ0v) is 15.3. The number of imidazole rings is 1. The van der Waals surface area contributed by atoms with Gasteiger partial charge >= 0.3 is 0 Å². The van der Waals surface area contributed by atoms with Crippen LogP contribution in [0, 0.1) is 11.6 Å². The van der Waals surface area contributed by atoms with Crippen molar-refractivity contribution in [3.05, 3.63) is 78.1 Å². The van der Waals surface area contributed by atoms with E-state index in [0.717, 1.165) is 5.56 Å². The maximum absolute atomic E-state index is 14.2. The molecule has 0 spiro atoms. The minimum atomic E-state index is -0.310. The van der Waals surface area contributed by atoms with E-state index < -0.39 is 0 Å². The van der Waals surface area contributed by atoms with Crippen LogP contribution in [0.1, 0.15) is 5.56 Å². The highest BCUT2D eigenvalue weighted by molar-refractivity contribution is 5.79. The van der Waals surface area contributed by atoms with E-state index in [4.69, 9.17) is 0 Å². The van der Waals surface area contributed by atoms with Gasteiger partial charge in [0.1, 0.15) is 11.6 Å². The van der Waals surface area contributed by atoms with Gasteiger partial charge in [0, 0.05) is 38.6 Å². The molecule has 1 saturated heterocycles. The van der Waals surface area contributed by atoms with Crippen molar-refractivity contribution in [1.29, 1.82) is 0 Å². The fourth-order valence-electron chi connectivity index (χ4n) is 3.41. The largest absolute Gasteiger partial charge is 0.339 e. The third-order valence-electron chi connectivity index (χ3n) is 4.92. The number of halogens is 2. The van der Waals surface area contributed by atoms with Crippen LogP contribution in [0.2, 0.25) is 0 Å². The average molecular weight is 382 g/mol. The van der Waals surface area contributed by atoms with Crippen LogP contribution in [0.15, 0.2) is 60.9 Å². The maximum atomic E-state index is 14.2. The van der Waals surface area contributed by atoms with E-state index >= 15 is 0 Å². The van der Waals surface area contributed by atoms with Gasteiger partial charge in [0.05, 0.1) is 12.1 Å². The number of piperazine rings is 1. The van der Waals surface area contributed by atoms with E-state index in [1.54, 1.807) is 52.2 Å². The van der Waals surface area contributed by atoms with Gasteiger partial charge in [-0.2, -0.15) is 0 Å². The normalized spacial score (nSPS) is 14.4. The van der Waals surface area contributed by atoms with Crippen LogP contribution in [0.25, 0.3) is 5.69 Å². The number of para-hydroxylation sites is 1. The number of benzene rings is 2. The Morgan fingerprint density at radius 2 is 1.68 bits per heavy atom. The number of nitrogens with zero attached hydrogens (tertiary/aromatic N) is 4. The molecule has 1 amide bonds. The summed E-state index contributed by atoms with van der Waals surface area (Å²) in [5.74, 6) is 0.0597. The second kappa shape index (κ2) is 7.80. The molecule has 1 fully saturated rings. The van der Waals surface area contributed by atoms with Gasteiger partial charge in [-0.25, -0.2) is 13.8 Å². The zero-order chi connectivity index (χ0) is 19.5. The van der Waals surface area contributed by atoms with E-state index in [0.29, 0.717) is 37.8 Å². The molecule has 1 aromatic heterocycles. The summed E-state index contributed by atoms with van der Waals surface area (Å²) in [5.41, 5.74) is 1.24. The minimum absolute atomic E-state index is 0.0173. The summed E-state index contributed by atoms with van der Waals surface area (Å²) in [6.07, 6.45) is 3.64. The van der Waals surface area contributed by atoms with Crippen LogP contribution in [-0.2, 0) is 11.2 Å². The van der Waals surface area contributed by atoms with Gasteiger partial charge in [0.2, 0.25) is 11.9 Å². The molecule has 0 unspecified atom stereocenters. The van der Waals surface area contributed by atoms with Gasteiger partial charge in [-0.15, -0.1) is 0 Å². The molecule has 4 rings (SSSR count). The summed E-state index contributed by atoms with van der Waals surface area (Å²) in [5, 5.41) is 0. The maximum Gasteiger partial charge on any atom is 0.227 e. The number of hydrogen-bond donors (Lipinski definition) is 0. The molecule has 3 aromatic rings. The monoisotopic (exact) mass is 382 g/mol. The Bertz CT molecular complexity index is 963. The van der Waals surface area contributed by atoms with Crippen LogP contribution in [0.3, 0.4) is 0 Å². The molecule has 0 aliphatic carbocycles. The van der Waals surface area contributed by atoms with E-state index in [-0.39, 0.29) is 24.0 Å². The van der Waals surface area contributed by atoms with Crippen molar-refractivity contribution < 1.29 is 13.6 Å². The third-order valence-corrected chi connectivity index (χ3v) is 4.92. The first-order valence-corrected chi connectivity index (χ1v) is 9.17. The Balaban J connectivity index is 1.41. The van der Waals surface area contributed by atoms with Crippen molar-refractivity contribution in [3.8, 4) is 5.69 Å². The summed E-state index contributed by atoms with van der Waals surface area (Å²) < 4.78 is 28.9. The van der Waals surface area contributed by atoms with Crippen molar-refractivity contribution in [2.75, 3.05) is 31.1 Å². The van der Waals surface area contributed by atoms with Crippen molar-refractivity contribution in [2.24, 2.45) is 0 Å². The van der Waals surface area contributed by atoms with E-state index in [2.05, 4.69) is 4.98 Å². The lowest BCUT2D eigenvalue weighted by atomic mass is 10.1. The average Bonchev–Trinajstić information content (AvgIpc) is 3.20. The van der Waals surface area contributed by atoms with Crippen LogP contribution in [0.4, 0.5) is 14.7 Å². The Morgan fingerprint density at radius 1 is 0.964 bits per heavy atom. The summed E-state index contributed by atoms with van der Waals surface area (Å²) in [6.45, 7) is 2.34. The Morgan fingerprint density at radius 3 is 2.39 bits per heavy atom. The highest BCUT2D eigenvalue weighted by atomic mass is 19.1. The van der Waals surface area contributed by atoms with Gasteiger partial charge in [-0.05, 0) is 29.8 Å². The standard InChI is InChI=1S/C21H20F2N4O/c22-17-7-5-16(6-8-17)15-20(28)25-11-13-26(14-12-25)21-24-9-10-27(21)19-4-2-1-3-18(19)23/h1-10H,11-15H2. The van der Waals surface area contributed by atoms with Crippen LogP contribution in [-0.4, -0.2) is 46.5 Å². The third kappa shape index (κ3) is 3.74.